The van der Waals surface area contributed by atoms with Crippen molar-refractivity contribution in [2.24, 2.45) is 0 Å². The highest BCUT2D eigenvalue weighted by Gasteiger charge is 2.00. The molecule has 0 aliphatic heterocycles. The van der Waals surface area contributed by atoms with E-state index in [0.717, 1.165) is 12.6 Å². The standard InChI is InChI=1S/C7H10FN3O/c1-2-3-9-6-5(8)4-10-7(12)11-6/h4H,2-3H2,1H3,(H2,9,10,11,12). The van der Waals surface area contributed by atoms with Gasteiger partial charge >= 0.3 is 5.69 Å². The summed E-state index contributed by atoms with van der Waals surface area (Å²) in [4.78, 5) is 16.1. The number of aromatic nitrogens is 2. The lowest BCUT2D eigenvalue weighted by Crippen LogP contribution is -2.15. The van der Waals surface area contributed by atoms with Crippen LogP contribution in [0.15, 0.2) is 11.0 Å². The topological polar surface area (TPSA) is 57.8 Å². The van der Waals surface area contributed by atoms with Crippen LogP contribution < -0.4 is 11.0 Å². The van der Waals surface area contributed by atoms with Crippen molar-refractivity contribution in [3.05, 3.63) is 22.5 Å². The van der Waals surface area contributed by atoms with Gasteiger partial charge in [-0.25, -0.2) is 9.18 Å². The van der Waals surface area contributed by atoms with E-state index in [4.69, 9.17) is 0 Å². The summed E-state index contributed by atoms with van der Waals surface area (Å²) in [5, 5.41) is 2.73. The quantitative estimate of drug-likeness (QED) is 0.704. The first-order chi connectivity index (χ1) is 5.74. The van der Waals surface area contributed by atoms with Crippen molar-refractivity contribution in [1.82, 2.24) is 9.97 Å². The number of aromatic amines is 1. The van der Waals surface area contributed by atoms with Crippen LogP contribution in [0.3, 0.4) is 0 Å². The summed E-state index contributed by atoms with van der Waals surface area (Å²) in [6.07, 6.45) is 1.76. The first-order valence-electron chi connectivity index (χ1n) is 3.72. The number of hydrogen-bond acceptors (Lipinski definition) is 3. The normalized spacial score (nSPS) is 9.83. The Bertz CT molecular complexity index is 310. The molecule has 1 heterocycles. The van der Waals surface area contributed by atoms with Crippen LogP contribution in [0, 0.1) is 5.82 Å². The SMILES string of the molecule is CCCNc1[nH]c(=O)ncc1F. The van der Waals surface area contributed by atoms with Gasteiger partial charge in [0.25, 0.3) is 0 Å². The summed E-state index contributed by atoms with van der Waals surface area (Å²) in [5.41, 5.74) is -0.546. The number of hydrogen-bond donors (Lipinski definition) is 2. The van der Waals surface area contributed by atoms with Gasteiger partial charge in [0.2, 0.25) is 0 Å². The van der Waals surface area contributed by atoms with Crippen molar-refractivity contribution in [1.29, 1.82) is 0 Å². The summed E-state index contributed by atoms with van der Waals surface area (Å²) < 4.78 is 12.8. The summed E-state index contributed by atoms with van der Waals surface area (Å²) in [6.45, 7) is 2.57. The minimum absolute atomic E-state index is 0.108. The number of rotatable bonds is 3. The first kappa shape index (κ1) is 8.70. The second-order valence-electron chi connectivity index (χ2n) is 2.34. The van der Waals surface area contributed by atoms with E-state index >= 15 is 0 Å². The van der Waals surface area contributed by atoms with Gasteiger partial charge in [0.1, 0.15) is 5.82 Å². The minimum Gasteiger partial charge on any atom is -0.369 e. The fourth-order valence-corrected chi connectivity index (χ4v) is 0.757. The molecule has 0 saturated heterocycles. The maximum Gasteiger partial charge on any atom is 0.346 e. The molecule has 4 nitrogen and oxygen atoms in total. The molecule has 0 unspecified atom stereocenters. The molecule has 2 N–H and O–H groups in total. The number of anilines is 1. The molecule has 1 aromatic rings. The van der Waals surface area contributed by atoms with Crippen LogP contribution in [0.25, 0.3) is 0 Å². The van der Waals surface area contributed by atoms with Crippen molar-refractivity contribution in [2.75, 3.05) is 11.9 Å². The zero-order valence-electron chi connectivity index (χ0n) is 6.72. The molecule has 0 radical (unpaired) electrons. The van der Waals surface area contributed by atoms with E-state index in [1.54, 1.807) is 0 Å². The number of halogens is 1. The number of nitrogens with one attached hydrogen (secondary N) is 2. The van der Waals surface area contributed by atoms with Gasteiger partial charge < -0.3 is 5.32 Å². The van der Waals surface area contributed by atoms with Gasteiger partial charge in [-0.15, -0.1) is 0 Å². The van der Waals surface area contributed by atoms with Gasteiger partial charge in [0.15, 0.2) is 5.82 Å². The Hall–Kier alpha value is -1.39. The van der Waals surface area contributed by atoms with Gasteiger partial charge in [-0.05, 0) is 6.42 Å². The molecule has 0 bridgehead atoms. The average molecular weight is 171 g/mol. The predicted octanol–water partition coefficient (Wildman–Crippen LogP) is 0.731. The first-order valence-corrected chi connectivity index (χ1v) is 3.72. The van der Waals surface area contributed by atoms with Gasteiger partial charge in [-0.3, -0.25) is 4.98 Å². The maximum atomic E-state index is 12.8. The van der Waals surface area contributed by atoms with Crippen LogP contribution in [0.1, 0.15) is 13.3 Å². The fourth-order valence-electron chi connectivity index (χ4n) is 0.757. The molecular formula is C7H10FN3O. The molecule has 0 fully saturated rings. The molecular weight excluding hydrogens is 161 g/mol. The van der Waals surface area contributed by atoms with Crippen molar-refractivity contribution in [2.45, 2.75) is 13.3 Å². The van der Waals surface area contributed by atoms with Crippen molar-refractivity contribution >= 4 is 5.82 Å². The summed E-state index contributed by atoms with van der Waals surface area (Å²) >= 11 is 0. The summed E-state index contributed by atoms with van der Waals surface area (Å²) in [7, 11) is 0. The molecule has 0 spiro atoms. The van der Waals surface area contributed by atoms with Gasteiger partial charge in [-0.1, -0.05) is 6.92 Å². The highest BCUT2D eigenvalue weighted by molar-refractivity contribution is 5.33. The third-order valence-electron chi connectivity index (χ3n) is 1.32. The van der Waals surface area contributed by atoms with E-state index in [9.17, 15) is 9.18 Å². The second-order valence-corrected chi connectivity index (χ2v) is 2.34. The smallest absolute Gasteiger partial charge is 0.346 e. The molecule has 1 aromatic heterocycles. The van der Waals surface area contributed by atoms with Crippen LogP contribution >= 0.6 is 0 Å². The Morgan fingerprint density at radius 2 is 2.50 bits per heavy atom. The van der Waals surface area contributed by atoms with E-state index < -0.39 is 11.5 Å². The second kappa shape index (κ2) is 3.85. The van der Waals surface area contributed by atoms with E-state index in [-0.39, 0.29) is 5.82 Å². The molecule has 0 atom stereocenters. The lowest BCUT2D eigenvalue weighted by Gasteiger charge is -2.03. The fraction of sp³-hybridized carbons (Fsp3) is 0.429. The Kier molecular flexibility index (Phi) is 2.79. The van der Waals surface area contributed by atoms with Crippen LogP contribution in [-0.4, -0.2) is 16.5 Å². The molecule has 0 aliphatic carbocycles. The van der Waals surface area contributed by atoms with Crippen LogP contribution in [-0.2, 0) is 0 Å². The molecule has 1 rings (SSSR count). The molecule has 12 heavy (non-hydrogen) atoms. The van der Waals surface area contributed by atoms with E-state index in [2.05, 4.69) is 15.3 Å². The highest BCUT2D eigenvalue weighted by Crippen LogP contribution is 2.04. The lowest BCUT2D eigenvalue weighted by atomic mass is 10.4. The van der Waals surface area contributed by atoms with Crippen molar-refractivity contribution < 1.29 is 4.39 Å². The summed E-state index contributed by atoms with van der Waals surface area (Å²) in [5.74, 6) is -0.431. The third-order valence-corrected chi connectivity index (χ3v) is 1.32. The monoisotopic (exact) mass is 171 g/mol. The minimum atomic E-state index is -0.546. The number of nitrogens with zero attached hydrogens (tertiary/aromatic N) is 1. The van der Waals surface area contributed by atoms with Crippen LogP contribution in [0.4, 0.5) is 10.2 Å². The maximum absolute atomic E-state index is 12.8. The van der Waals surface area contributed by atoms with E-state index in [0.29, 0.717) is 6.54 Å². The Morgan fingerprint density at radius 3 is 3.17 bits per heavy atom. The molecule has 0 aliphatic rings. The van der Waals surface area contributed by atoms with Crippen LogP contribution in [0.5, 0.6) is 0 Å². The van der Waals surface area contributed by atoms with Crippen molar-refractivity contribution in [3.63, 3.8) is 0 Å². The lowest BCUT2D eigenvalue weighted by molar-refractivity contribution is 0.613. The molecule has 0 amide bonds. The van der Waals surface area contributed by atoms with Gasteiger partial charge in [0.05, 0.1) is 6.20 Å². The molecule has 0 aromatic carbocycles. The Morgan fingerprint density at radius 1 is 1.75 bits per heavy atom. The van der Waals surface area contributed by atoms with Gasteiger partial charge in [0, 0.05) is 6.54 Å². The Labute approximate surface area is 68.8 Å². The third kappa shape index (κ3) is 2.05. The predicted molar refractivity (Wildman–Crippen MR) is 43.6 cm³/mol. The Balaban J connectivity index is 2.82. The zero-order chi connectivity index (χ0) is 8.97. The molecule has 5 heteroatoms. The average Bonchev–Trinajstić information content (AvgIpc) is 2.07. The van der Waals surface area contributed by atoms with Crippen LogP contribution in [0.2, 0.25) is 0 Å². The van der Waals surface area contributed by atoms with E-state index in [1.165, 1.54) is 0 Å². The van der Waals surface area contributed by atoms with Crippen molar-refractivity contribution in [3.8, 4) is 0 Å². The zero-order valence-corrected chi connectivity index (χ0v) is 6.72. The highest BCUT2D eigenvalue weighted by atomic mass is 19.1. The summed E-state index contributed by atoms with van der Waals surface area (Å²) in [6, 6.07) is 0. The largest absolute Gasteiger partial charge is 0.369 e. The molecule has 0 saturated carbocycles. The van der Waals surface area contributed by atoms with E-state index in [1.807, 2.05) is 6.92 Å². The molecule has 66 valence electrons. The number of H-pyrrole nitrogens is 1. The van der Waals surface area contributed by atoms with Gasteiger partial charge in [-0.2, -0.15) is 4.98 Å².